The summed E-state index contributed by atoms with van der Waals surface area (Å²) >= 11 is 1.76. The van der Waals surface area contributed by atoms with Gasteiger partial charge >= 0.3 is 0 Å². The van der Waals surface area contributed by atoms with Crippen molar-refractivity contribution >= 4 is 23.4 Å². The second-order valence-electron chi connectivity index (χ2n) is 3.86. The highest BCUT2D eigenvalue weighted by molar-refractivity contribution is 7.99. The van der Waals surface area contributed by atoms with Gasteiger partial charge in [-0.1, -0.05) is 6.07 Å². The molecule has 17 heavy (non-hydrogen) atoms. The summed E-state index contributed by atoms with van der Waals surface area (Å²) in [5.41, 5.74) is 7.49. The Kier molecular flexibility index (Phi) is 3.59. The van der Waals surface area contributed by atoms with E-state index in [0.717, 1.165) is 22.1 Å². The lowest BCUT2D eigenvalue weighted by molar-refractivity contribution is -0.117. The van der Waals surface area contributed by atoms with Crippen LogP contribution in [-0.4, -0.2) is 31.9 Å². The Morgan fingerprint density at radius 1 is 1.59 bits per heavy atom. The van der Waals surface area contributed by atoms with E-state index in [1.807, 2.05) is 19.1 Å². The summed E-state index contributed by atoms with van der Waals surface area (Å²) in [6.45, 7) is 2.76. The van der Waals surface area contributed by atoms with E-state index in [4.69, 9.17) is 10.5 Å². The summed E-state index contributed by atoms with van der Waals surface area (Å²) in [5, 5.41) is 0. The number of benzene rings is 1. The van der Waals surface area contributed by atoms with E-state index in [1.54, 1.807) is 23.8 Å². The van der Waals surface area contributed by atoms with Crippen molar-refractivity contribution < 1.29 is 9.53 Å². The van der Waals surface area contributed by atoms with Gasteiger partial charge in [-0.15, -0.1) is 11.8 Å². The molecule has 0 aliphatic carbocycles. The fourth-order valence-corrected chi connectivity index (χ4v) is 3.09. The molecule has 1 aromatic carbocycles. The molecule has 1 aliphatic rings. The van der Waals surface area contributed by atoms with Crippen LogP contribution >= 0.6 is 11.8 Å². The van der Waals surface area contributed by atoms with Crippen molar-refractivity contribution in [2.45, 2.75) is 11.8 Å². The first-order chi connectivity index (χ1) is 8.19. The normalized spacial score (nSPS) is 14.4. The number of anilines is 1. The van der Waals surface area contributed by atoms with E-state index >= 15 is 0 Å². The lowest BCUT2D eigenvalue weighted by Crippen LogP contribution is -2.39. The lowest BCUT2D eigenvalue weighted by atomic mass is 10.1. The number of methoxy groups -OCH3 is 1. The van der Waals surface area contributed by atoms with Crippen LogP contribution in [0.1, 0.15) is 5.56 Å². The molecule has 0 spiro atoms. The number of carbonyl (C=O) groups excluding carboxylic acids is 1. The maximum Gasteiger partial charge on any atom is 0.240 e. The molecule has 0 radical (unpaired) electrons. The summed E-state index contributed by atoms with van der Waals surface area (Å²) in [5.74, 6) is 1.57. The molecule has 1 aliphatic heterocycles. The van der Waals surface area contributed by atoms with Gasteiger partial charge in [0.15, 0.2) is 0 Å². The summed E-state index contributed by atoms with van der Waals surface area (Å²) in [4.78, 5) is 14.7. The van der Waals surface area contributed by atoms with E-state index in [1.165, 1.54) is 5.56 Å². The van der Waals surface area contributed by atoms with Crippen molar-refractivity contribution in [1.29, 1.82) is 0 Å². The zero-order valence-corrected chi connectivity index (χ0v) is 10.8. The van der Waals surface area contributed by atoms with Crippen LogP contribution in [0.3, 0.4) is 0 Å². The Hall–Kier alpha value is -1.20. The Bertz CT molecular complexity index is 448. The molecule has 4 nitrogen and oxygen atoms in total. The quantitative estimate of drug-likeness (QED) is 0.864. The topological polar surface area (TPSA) is 55.6 Å². The molecule has 1 amide bonds. The van der Waals surface area contributed by atoms with Crippen molar-refractivity contribution in [3.05, 3.63) is 17.7 Å². The number of ether oxygens (including phenoxy) is 1. The highest BCUT2D eigenvalue weighted by Gasteiger charge is 2.26. The number of nitrogens with zero attached hydrogens (tertiary/aromatic N) is 1. The van der Waals surface area contributed by atoms with E-state index < -0.39 is 0 Å². The first-order valence-electron chi connectivity index (χ1n) is 5.50. The molecule has 0 saturated heterocycles. The third-order valence-corrected chi connectivity index (χ3v) is 4.01. The number of thioether (sulfide) groups is 1. The number of rotatable bonds is 2. The molecule has 1 heterocycles. The third kappa shape index (κ3) is 2.12. The molecular formula is C12H16N2O2S. The van der Waals surface area contributed by atoms with Gasteiger partial charge in [0.1, 0.15) is 11.4 Å². The molecule has 0 aromatic heterocycles. The molecule has 0 bridgehead atoms. The number of carbonyl (C=O) groups is 1. The zero-order chi connectivity index (χ0) is 12.4. The maximum atomic E-state index is 11.8. The zero-order valence-electron chi connectivity index (χ0n) is 10.0. The van der Waals surface area contributed by atoms with Crippen molar-refractivity contribution in [3.8, 4) is 5.75 Å². The number of hydrogen-bond donors (Lipinski definition) is 1. The monoisotopic (exact) mass is 252 g/mol. The van der Waals surface area contributed by atoms with Gasteiger partial charge in [0.2, 0.25) is 5.91 Å². The Morgan fingerprint density at radius 3 is 3.00 bits per heavy atom. The fourth-order valence-electron chi connectivity index (χ4n) is 1.97. The second kappa shape index (κ2) is 4.98. The SMILES string of the molecule is COc1ccc(C)c2c1N(C(=O)CN)CCS2. The molecule has 0 saturated carbocycles. The van der Waals surface area contributed by atoms with E-state index in [2.05, 4.69) is 0 Å². The number of nitrogens with two attached hydrogens (primary N) is 1. The average Bonchev–Trinajstić information content (AvgIpc) is 2.38. The van der Waals surface area contributed by atoms with Crippen LogP contribution in [0.5, 0.6) is 5.75 Å². The van der Waals surface area contributed by atoms with Crippen LogP contribution in [0, 0.1) is 6.92 Å². The molecule has 0 unspecified atom stereocenters. The summed E-state index contributed by atoms with van der Waals surface area (Å²) in [7, 11) is 1.62. The second-order valence-corrected chi connectivity index (χ2v) is 4.97. The van der Waals surface area contributed by atoms with Gasteiger partial charge in [-0.25, -0.2) is 0 Å². The van der Waals surface area contributed by atoms with E-state index in [-0.39, 0.29) is 12.5 Å². The molecule has 0 atom stereocenters. The van der Waals surface area contributed by atoms with Crippen LogP contribution in [0.15, 0.2) is 17.0 Å². The van der Waals surface area contributed by atoms with Crippen LogP contribution < -0.4 is 15.4 Å². The minimum atomic E-state index is -0.0598. The van der Waals surface area contributed by atoms with Crippen LogP contribution in [0.2, 0.25) is 0 Å². The van der Waals surface area contributed by atoms with Crippen molar-refractivity contribution in [3.63, 3.8) is 0 Å². The first-order valence-corrected chi connectivity index (χ1v) is 6.48. The average molecular weight is 252 g/mol. The third-order valence-electron chi connectivity index (χ3n) is 2.82. The highest BCUT2D eigenvalue weighted by Crippen LogP contribution is 2.43. The van der Waals surface area contributed by atoms with E-state index in [9.17, 15) is 4.79 Å². The molecule has 2 N–H and O–H groups in total. The van der Waals surface area contributed by atoms with Crippen molar-refractivity contribution in [1.82, 2.24) is 0 Å². The number of amides is 1. The molecule has 92 valence electrons. The van der Waals surface area contributed by atoms with Gasteiger partial charge < -0.3 is 15.4 Å². The Labute approximate surface area is 105 Å². The maximum absolute atomic E-state index is 11.8. The molecule has 0 fully saturated rings. The molecule has 5 heteroatoms. The Morgan fingerprint density at radius 2 is 2.35 bits per heavy atom. The predicted molar refractivity (Wildman–Crippen MR) is 69.9 cm³/mol. The van der Waals surface area contributed by atoms with Crippen LogP contribution in [-0.2, 0) is 4.79 Å². The van der Waals surface area contributed by atoms with Gasteiger partial charge in [0, 0.05) is 17.2 Å². The lowest BCUT2D eigenvalue weighted by Gasteiger charge is -2.31. The molecular weight excluding hydrogens is 236 g/mol. The summed E-state index contributed by atoms with van der Waals surface area (Å²) in [6, 6.07) is 3.91. The molecule has 1 aromatic rings. The van der Waals surface area contributed by atoms with Crippen LogP contribution in [0.4, 0.5) is 5.69 Å². The standard InChI is InChI=1S/C12H16N2O2S/c1-8-3-4-9(16-2)11-12(8)17-6-5-14(11)10(15)7-13/h3-4H,5-7,13H2,1-2H3. The number of fused-ring (bicyclic) bond motifs is 1. The minimum Gasteiger partial charge on any atom is -0.495 e. The van der Waals surface area contributed by atoms with Gasteiger partial charge in [0.25, 0.3) is 0 Å². The predicted octanol–water partition coefficient (Wildman–Crippen LogP) is 1.40. The fraction of sp³-hybridized carbons (Fsp3) is 0.417. The minimum absolute atomic E-state index is 0.0290. The van der Waals surface area contributed by atoms with Gasteiger partial charge in [-0.05, 0) is 18.6 Å². The largest absolute Gasteiger partial charge is 0.495 e. The highest BCUT2D eigenvalue weighted by atomic mass is 32.2. The number of hydrogen-bond acceptors (Lipinski definition) is 4. The Balaban J connectivity index is 2.54. The van der Waals surface area contributed by atoms with Gasteiger partial charge in [0.05, 0.1) is 13.7 Å². The first kappa shape index (κ1) is 12.3. The van der Waals surface area contributed by atoms with E-state index in [0.29, 0.717) is 6.54 Å². The van der Waals surface area contributed by atoms with Crippen molar-refractivity contribution in [2.24, 2.45) is 5.73 Å². The summed E-state index contributed by atoms with van der Waals surface area (Å²) in [6.07, 6.45) is 0. The van der Waals surface area contributed by atoms with Crippen LogP contribution in [0.25, 0.3) is 0 Å². The van der Waals surface area contributed by atoms with Crippen molar-refractivity contribution in [2.75, 3.05) is 30.9 Å². The number of aryl methyl sites for hydroxylation is 1. The van der Waals surface area contributed by atoms with Gasteiger partial charge in [-0.2, -0.15) is 0 Å². The molecule has 2 rings (SSSR count). The smallest absolute Gasteiger partial charge is 0.240 e. The summed E-state index contributed by atoms with van der Waals surface area (Å²) < 4.78 is 5.34. The van der Waals surface area contributed by atoms with Gasteiger partial charge in [-0.3, -0.25) is 4.79 Å².